The molecule has 0 rings (SSSR count). The van der Waals surface area contributed by atoms with Gasteiger partial charge in [0.05, 0.1) is 0 Å². The van der Waals surface area contributed by atoms with Gasteiger partial charge in [-0.2, -0.15) is 0 Å². The maximum atomic E-state index is 2.64. The molecule has 0 saturated heterocycles. The van der Waals surface area contributed by atoms with E-state index in [1.807, 2.05) is 0 Å². The predicted octanol–water partition coefficient (Wildman–Crippen LogP) is 2.00. The molecular formula is C6H18AsNSi. The fourth-order valence-corrected chi connectivity index (χ4v) is 9.35. The van der Waals surface area contributed by atoms with E-state index in [0.29, 0.717) is 0 Å². The van der Waals surface area contributed by atoms with Crippen LogP contribution in [-0.2, 0) is 0 Å². The standard InChI is InChI=1S/C6H18AsNSi/c1-7(2)8(3)9(4,5)6/h1-6H3. The summed E-state index contributed by atoms with van der Waals surface area (Å²) in [7, 11) is 1.36. The van der Waals surface area contributed by atoms with Crippen LogP contribution in [-0.4, -0.2) is 33.6 Å². The monoisotopic (exact) mass is 207 g/mol. The summed E-state index contributed by atoms with van der Waals surface area (Å²) in [5, 5.41) is 0. The zero-order chi connectivity index (χ0) is 7.65. The molecule has 1 nitrogen and oxygen atoms in total. The van der Waals surface area contributed by atoms with Crippen LogP contribution in [0.2, 0.25) is 31.1 Å². The topological polar surface area (TPSA) is 3.24 Å². The molecule has 0 aliphatic rings. The Bertz CT molecular complexity index is 87.5. The first kappa shape index (κ1) is 9.74. The van der Waals surface area contributed by atoms with Gasteiger partial charge in [0, 0.05) is 0 Å². The van der Waals surface area contributed by atoms with E-state index >= 15 is 0 Å². The van der Waals surface area contributed by atoms with Gasteiger partial charge in [-0.25, -0.2) is 0 Å². The molecule has 0 unspecified atom stereocenters. The van der Waals surface area contributed by atoms with Crippen molar-refractivity contribution >= 4 is 23.1 Å². The first-order chi connectivity index (χ1) is 3.85. The van der Waals surface area contributed by atoms with Crippen LogP contribution in [0, 0.1) is 0 Å². The molecule has 0 bridgehead atoms. The normalized spacial score (nSPS) is 13.3. The summed E-state index contributed by atoms with van der Waals surface area (Å²) in [5.74, 6) is 0. The molecule has 0 aromatic carbocycles. The third-order valence-electron chi connectivity index (χ3n) is 1.57. The third-order valence-corrected chi connectivity index (χ3v) is 11.9. The van der Waals surface area contributed by atoms with Crippen molar-refractivity contribution in [3.63, 3.8) is 0 Å². The van der Waals surface area contributed by atoms with Gasteiger partial charge >= 0.3 is 64.7 Å². The van der Waals surface area contributed by atoms with Crippen LogP contribution >= 0.6 is 0 Å². The second-order valence-electron chi connectivity index (χ2n) is 3.54. The van der Waals surface area contributed by atoms with Gasteiger partial charge in [-0.15, -0.1) is 0 Å². The second kappa shape index (κ2) is 3.22. The van der Waals surface area contributed by atoms with Gasteiger partial charge in [0.25, 0.3) is 0 Å². The molecule has 0 amide bonds. The zero-order valence-corrected chi connectivity index (χ0v) is 10.3. The van der Waals surface area contributed by atoms with E-state index in [1.54, 1.807) is 0 Å². The SMILES string of the molecule is CN([As](C)C)[Si](C)(C)C. The van der Waals surface area contributed by atoms with Crippen LogP contribution < -0.4 is 0 Å². The van der Waals surface area contributed by atoms with Crippen molar-refractivity contribution in [1.29, 1.82) is 0 Å². The Balaban J connectivity index is 3.88. The Morgan fingerprint density at radius 3 is 1.44 bits per heavy atom. The molecule has 0 aliphatic heterocycles. The first-order valence-electron chi connectivity index (χ1n) is 3.27. The van der Waals surface area contributed by atoms with Crippen LogP contribution in [0.15, 0.2) is 0 Å². The van der Waals surface area contributed by atoms with Gasteiger partial charge in [-0.3, -0.25) is 0 Å². The van der Waals surface area contributed by atoms with Gasteiger partial charge in [-0.1, -0.05) is 0 Å². The minimum absolute atomic E-state index is 0.555. The number of rotatable bonds is 2. The van der Waals surface area contributed by atoms with Crippen molar-refractivity contribution in [2.24, 2.45) is 0 Å². The number of hydrogen-bond acceptors (Lipinski definition) is 1. The molecule has 0 spiro atoms. The summed E-state index contributed by atoms with van der Waals surface area (Å²) >= 11 is -0.555. The van der Waals surface area contributed by atoms with E-state index in [4.69, 9.17) is 0 Å². The molecule has 0 heterocycles. The van der Waals surface area contributed by atoms with Crippen molar-refractivity contribution in [1.82, 2.24) is 3.48 Å². The minimum atomic E-state index is -0.926. The average molecular weight is 207 g/mol. The van der Waals surface area contributed by atoms with E-state index in [-0.39, 0.29) is 0 Å². The van der Waals surface area contributed by atoms with Crippen molar-refractivity contribution in [2.75, 3.05) is 7.05 Å². The average Bonchev–Trinajstić information content (AvgIpc) is 1.62. The van der Waals surface area contributed by atoms with Crippen LogP contribution in [0.5, 0.6) is 0 Å². The van der Waals surface area contributed by atoms with Gasteiger partial charge in [0.1, 0.15) is 0 Å². The molecule has 0 atom stereocenters. The first-order valence-corrected chi connectivity index (χ1v) is 11.3. The van der Waals surface area contributed by atoms with Crippen molar-refractivity contribution in [2.45, 2.75) is 31.1 Å². The Kier molecular flexibility index (Phi) is 3.49. The van der Waals surface area contributed by atoms with Gasteiger partial charge in [-0.05, 0) is 0 Å². The number of nitrogens with zero attached hydrogens (tertiary/aromatic N) is 1. The molecule has 0 N–H and O–H groups in total. The van der Waals surface area contributed by atoms with Crippen LogP contribution in [0.4, 0.5) is 0 Å². The van der Waals surface area contributed by atoms with Crippen molar-refractivity contribution in [3.8, 4) is 0 Å². The van der Waals surface area contributed by atoms with Crippen molar-refractivity contribution < 1.29 is 0 Å². The molecule has 56 valence electrons. The summed E-state index contributed by atoms with van der Waals surface area (Å²) in [6.07, 6.45) is 0. The molecular weight excluding hydrogens is 189 g/mol. The summed E-state index contributed by atoms with van der Waals surface area (Å²) in [6.45, 7) is 7.21. The summed E-state index contributed by atoms with van der Waals surface area (Å²) in [6, 6.07) is 0. The van der Waals surface area contributed by atoms with E-state index in [1.165, 1.54) is 0 Å². The van der Waals surface area contributed by atoms with Gasteiger partial charge < -0.3 is 0 Å². The Morgan fingerprint density at radius 2 is 1.44 bits per heavy atom. The molecule has 0 aliphatic carbocycles. The third kappa shape index (κ3) is 3.44. The van der Waals surface area contributed by atoms with E-state index in [2.05, 4.69) is 41.6 Å². The van der Waals surface area contributed by atoms with E-state index in [9.17, 15) is 0 Å². The quantitative estimate of drug-likeness (QED) is 0.626. The van der Waals surface area contributed by atoms with E-state index < -0.39 is 23.1 Å². The maximum absolute atomic E-state index is 2.64. The Labute approximate surface area is 65.0 Å². The molecule has 0 aromatic heterocycles. The molecule has 0 radical (unpaired) electrons. The molecule has 0 aromatic rings. The molecule has 9 heavy (non-hydrogen) atoms. The molecule has 0 fully saturated rings. The molecule has 0 saturated carbocycles. The van der Waals surface area contributed by atoms with Gasteiger partial charge in [0.15, 0.2) is 0 Å². The van der Waals surface area contributed by atoms with Crippen molar-refractivity contribution in [3.05, 3.63) is 0 Å². The zero-order valence-electron chi connectivity index (χ0n) is 7.39. The van der Waals surface area contributed by atoms with Gasteiger partial charge in [0.2, 0.25) is 0 Å². The summed E-state index contributed by atoms with van der Waals surface area (Å²) in [5.41, 5.74) is 4.79. The fraction of sp³-hybridized carbons (Fsp3) is 1.00. The Hall–Kier alpha value is 0.735. The predicted molar refractivity (Wildman–Crippen MR) is 48.6 cm³/mol. The number of hydrogen-bond donors (Lipinski definition) is 0. The Morgan fingerprint density at radius 1 is 1.11 bits per heavy atom. The summed E-state index contributed by atoms with van der Waals surface area (Å²) in [4.78, 5) is 0. The molecule has 3 heteroatoms. The van der Waals surface area contributed by atoms with Crippen LogP contribution in [0.1, 0.15) is 0 Å². The van der Waals surface area contributed by atoms with Crippen LogP contribution in [0.3, 0.4) is 0 Å². The second-order valence-corrected chi connectivity index (χ2v) is 14.2. The van der Waals surface area contributed by atoms with Crippen LogP contribution in [0.25, 0.3) is 0 Å². The summed E-state index contributed by atoms with van der Waals surface area (Å²) < 4.78 is 2.64. The van der Waals surface area contributed by atoms with E-state index in [0.717, 1.165) is 0 Å². The fourth-order valence-electron chi connectivity index (χ4n) is 0.600.